The molecule has 0 bridgehead atoms. The van der Waals surface area contributed by atoms with Gasteiger partial charge in [-0.3, -0.25) is 4.79 Å². The van der Waals surface area contributed by atoms with Gasteiger partial charge >= 0.3 is 0 Å². The van der Waals surface area contributed by atoms with E-state index in [0.29, 0.717) is 0 Å². The highest BCUT2D eigenvalue weighted by Crippen LogP contribution is 2.24. The van der Waals surface area contributed by atoms with Crippen molar-refractivity contribution in [2.75, 3.05) is 0 Å². The molecule has 0 saturated carbocycles. The molecule has 0 aliphatic heterocycles. The Labute approximate surface area is 121 Å². The van der Waals surface area contributed by atoms with Crippen LogP contribution in [0.25, 0.3) is 0 Å². The number of amides is 1. The summed E-state index contributed by atoms with van der Waals surface area (Å²) in [5.41, 5.74) is -1.67. The Balaban J connectivity index is 3.00. The van der Waals surface area contributed by atoms with Crippen LogP contribution in [-0.2, 0) is 0 Å². The molecule has 0 fully saturated rings. The number of hydrogen-bond donors (Lipinski definition) is 3. The normalized spacial score (nSPS) is 12.3. The lowest BCUT2D eigenvalue weighted by molar-refractivity contribution is -0.00298. The van der Waals surface area contributed by atoms with E-state index < -0.39 is 17.0 Å². The van der Waals surface area contributed by atoms with Gasteiger partial charge in [0.25, 0.3) is 5.91 Å². The minimum atomic E-state index is -1.07. The molecule has 4 nitrogen and oxygen atoms in total. The third-order valence-electron chi connectivity index (χ3n) is 3.16. The number of hydrogen-bond acceptors (Lipinski definition) is 3. The Morgan fingerprint density at radius 1 is 1.28 bits per heavy atom. The van der Waals surface area contributed by atoms with Gasteiger partial charge in [0.15, 0.2) is 0 Å². The first kappa shape index (κ1) is 15.2. The molecule has 1 rings (SSSR count). The zero-order chi connectivity index (χ0) is 14.1. The Hall–Kier alpha value is -0.820. The fourth-order valence-corrected chi connectivity index (χ4v) is 1.69. The van der Waals surface area contributed by atoms with Crippen molar-refractivity contribution in [3.63, 3.8) is 0 Å². The topological polar surface area (TPSA) is 69.6 Å². The number of aliphatic hydroxyl groups is 1. The van der Waals surface area contributed by atoms with Crippen LogP contribution in [0.15, 0.2) is 18.2 Å². The highest BCUT2D eigenvalue weighted by atomic mass is 127. The monoisotopic (exact) mass is 363 g/mol. The lowest BCUT2D eigenvalue weighted by Gasteiger charge is -2.38. The molecular weight excluding hydrogens is 345 g/mol. The van der Waals surface area contributed by atoms with Gasteiger partial charge in [0.1, 0.15) is 5.75 Å². The van der Waals surface area contributed by atoms with Gasteiger partial charge in [0, 0.05) is 3.57 Å². The van der Waals surface area contributed by atoms with E-state index in [1.165, 1.54) is 6.07 Å². The van der Waals surface area contributed by atoms with Gasteiger partial charge in [0.05, 0.1) is 16.7 Å². The van der Waals surface area contributed by atoms with Crippen LogP contribution in [0, 0.1) is 3.57 Å². The molecule has 1 aromatic carbocycles. The maximum Gasteiger partial charge on any atom is 0.255 e. The quantitative estimate of drug-likeness (QED) is 0.722. The number of benzene rings is 1. The molecule has 18 heavy (non-hydrogen) atoms. The second-order valence-corrected chi connectivity index (χ2v) is 6.55. The van der Waals surface area contributed by atoms with Crippen molar-refractivity contribution in [3.8, 4) is 5.75 Å². The summed E-state index contributed by atoms with van der Waals surface area (Å²) in [5, 5.41) is 22.4. The van der Waals surface area contributed by atoms with Gasteiger partial charge in [-0.25, -0.2) is 0 Å². The lowest BCUT2D eigenvalue weighted by atomic mass is 9.85. The van der Waals surface area contributed by atoms with Crippen molar-refractivity contribution in [2.45, 2.75) is 38.8 Å². The third-order valence-corrected chi connectivity index (χ3v) is 3.83. The summed E-state index contributed by atoms with van der Waals surface area (Å²) in [6.07, 6.45) is 0. The second kappa shape index (κ2) is 5.05. The van der Waals surface area contributed by atoms with E-state index in [1.54, 1.807) is 39.8 Å². The molecule has 100 valence electrons. The SMILES string of the molecule is CC(C)(O)C(C)(C)NC(=O)c1cc(I)ccc1O. The average molecular weight is 363 g/mol. The zero-order valence-corrected chi connectivity index (χ0v) is 13.1. The molecule has 0 aromatic heterocycles. The van der Waals surface area contributed by atoms with Crippen LogP contribution >= 0.6 is 22.6 Å². The van der Waals surface area contributed by atoms with E-state index in [-0.39, 0.29) is 11.3 Å². The van der Waals surface area contributed by atoms with Crippen molar-refractivity contribution >= 4 is 28.5 Å². The molecule has 0 spiro atoms. The molecule has 0 radical (unpaired) electrons. The highest BCUT2D eigenvalue weighted by Gasteiger charge is 2.36. The molecule has 0 heterocycles. The van der Waals surface area contributed by atoms with Crippen molar-refractivity contribution < 1.29 is 15.0 Å². The number of nitrogens with one attached hydrogen (secondary N) is 1. The number of aromatic hydroxyl groups is 1. The van der Waals surface area contributed by atoms with Gasteiger partial charge in [-0.2, -0.15) is 0 Å². The minimum absolute atomic E-state index is 0.0699. The third kappa shape index (κ3) is 3.35. The summed E-state index contributed by atoms with van der Waals surface area (Å²) >= 11 is 2.07. The Bertz CT molecular complexity index is 464. The van der Waals surface area contributed by atoms with Gasteiger partial charge in [-0.1, -0.05) is 0 Å². The van der Waals surface area contributed by atoms with E-state index in [2.05, 4.69) is 27.9 Å². The van der Waals surface area contributed by atoms with E-state index >= 15 is 0 Å². The fraction of sp³-hybridized carbons (Fsp3) is 0.462. The number of rotatable bonds is 3. The summed E-state index contributed by atoms with van der Waals surface area (Å²) in [6, 6.07) is 4.80. The fourth-order valence-electron chi connectivity index (χ4n) is 1.19. The van der Waals surface area contributed by atoms with Crippen LogP contribution < -0.4 is 5.32 Å². The van der Waals surface area contributed by atoms with Crippen LogP contribution in [0.4, 0.5) is 0 Å². The molecule has 0 aliphatic rings. The average Bonchev–Trinajstić information content (AvgIpc) is 2.19. The highest BCUT2D eigenvalue weighted by molar-refractivity contribution is 14.1. The van der Waals surface area contributed by atoms with Crippen LogP contribution in [-0.4, -0.2) is 27.3 Å². The molecule has 0 saturated heterocycles. The van der Waals surface area contributed by atoms with Crippen LogP contribution in [0.5, 0.6) is 5.75 Å². The molecule has 5 heteroatoms. The maximum atomic E-state index is 12.1. The van der Waals surface area contributed by atoms with Crippen LogP contribution in [0.2, 0.25) is 0 Å². The van der Waals surface area contributed by atoms with Crippen molar-refractivity contribution in [3.05, 3.63) is 27.3 Å². The number of carbonyl (C=O) groups excluding carboxylic acids is 1. The first-order chi connectivity index (χ1) is 8.04. The molecule has 0 unspecified atom stereocenters. The van der Waals surface area contributed by atoms with Gasteiger partial charge in [-0.05, 0) is 68.5 Å². The number of carbonyl (C=O) groups is 1. The Kier molecular flexibility index (Phi) is 4.27. The minimum Gasteiger partial charge on any atom is -0.507 e. The van der Waals surface area contributed by atoms with Crippen molar-refractivity contribution in [1.82, 2.24) is 5.32 Å². The molecule has 1 aromatic rings. The number of phenols is 1. The van der Waals surface area contributed by atoms with E-state index in [4.69, 9.17) is 0 Å². The smallest absolute Gasteiger partial charge is 0.255 e. The molecule has 1 amide bonds. The molecule has 0 aliphatic carbocycles. The zero-order valence-electron chi connectivity index (χ0n) is 10.9. The van der Waals surface area contributed by atoms with E-state index in [9.17, 15) is 15.0 Å². The lowest BCUT2D eigenvalue weighted by Crippen LogP contribution is -2.57. The summed E-state index contributed by atoms with van der Waals surface area (Å²) in [5.74, 6) is -0.474. The van der Waals surface area contributed by atoms with Gasteiger partial charge in [-0.15, -0.1) is 0 Å². The predicted octanol–water partition coefficient (Wildman–Crippen LogP) is 2.28. The van der Waals surface area contributed by atoms with Crippen molar-refractivity contribution in [2.24, 2.45) is 0 Å². The summed E-state index contributed by atoms with van der Waals surface area (Å²) in [6.45, 7) is 6.72. The molecule has 0 atom stereocenters. The summed E-state index contributed by atoms with van der Waals surface area (Å²) in [4.78, 5) is 12.1. The van der Waals surface area contributed by atoms with Crippen molar-refractivity contribution in [1.29, 1.82) is 0 Å². The standard InChI is InChI=1S/C13H18INO3/c1-12(2,13(3,4)18)15-11(17)9-7-8(14)5-6-10(9)16/h5-7,16,18H,1-4H3,(H,15,17). The summed E-state index contributed by atoms with van der Waals surface area (Å²) in [7, 11) is 0. The predicted molar refractivity (Wildman–Crippen MR) is 78.7 cm³/mol. The van der Waals surface area contributed by atoms with E-state index in [1.807, 2.05) is 0 Å². The van der Waals surface area contributed by atoms with Gasteiger partial charge in [0.2, 0.25) is 0 Å². The maximum absolute atomic E-state index is 12.1. The molecular formula is C13H18INO3. The second-order valence-electron chi connectivity index (χ2n) is 5.30. The number of phenolic OH excluding ortho intramolecular Hbond substituents is 1. The Morgan fingerprint density at radius 3 is 2.33 bits per heavy atom. The van der Waals surface area contributed by atoms with Gasteiger partial charge < -0.3 is 15.5 Å². The summed E-state index contributed by atoms with van der Waals surface area (Å²) < 4.78 is 0.858. The van der Waals surface area contributed by atoms with Crippen LogP contribution in [0.3, 0.4) is 0 Å². The largest absolute Gasteiger partial charge is 0.507 e. The van der Waals surface area contributed by atoms with E-state index in [0.717, 1.165) is 3.57 Å². The molecule has 3 N–H and O–H groups in total. The van der Waals surface area contributed by atoms with Crippen LogP contribution in [0.1, 0.15) is 38.1 Å². The number of halogens is 1. The Morgan fingerprint density at radius 2 is 1.83 bits per heavy atom. The first-order valence-corrected chi connectivity index (χ1v) is 6.66. The first-order valence-electron chi connectivity index (χ1n) is 5.58.